The average molecular weight is 200 g/mol. The van der Waals surface area contributed by atoms with Crippen LogP contribution in [-0.2, 0) is 0 Å². The molecule has 0 fully saturated rings. The molecule has 0 aliphatic carbocycles. The molecule has 0 heterocycles. The Morgan fingerprint density at radius 1 is 1.07 bits per heavy atom. The lowest BCUT2D eigenvalue weighted by Gasteiger charge is -2.35. The van der Waals surface area contributed by atoms with Crippen LogP contribution < -0.4 is 5.32 Å². The zero-order valence-corrected chi connectivity index (χ0v) is 10.8. The number of rotatable bonds is 7. The molecule has 0 aromatic rings. The number of nitrogens with zero attached hydrogens (tertiary/aromatic N) is 1. The molecule has 3 atom stereocenters. The van der Waals surface area contributed by atoms with Crippen LogP contribution in [0.1, 0.15) is 47.5 Å². The Hall–Kier alpha value is -0.0800. The van der Waals surface area contributed by atoms with Gasteiger partial charge in [-0.3, -0.25) is 4.90 Å². The quantitative estimate of drug-likeness (QED) is 0.679. The predicted octanol–water partition coefficient (Wildman–Crippen LogP) is 2.49. The van der Waals surface area contributed by atoms with E-state index in [2.05, 4.69) is 51.9 Å². The minimum Gasteiger partial charge on any atom is -0.313 e. The molecule has 86 valence electrons. The summed E-state index contributed by atoms with van der Waals surface area (Å²) < 4.78 is 0. The Morgan fingerprint density at radius 3 is 2.00 bits per heavy atom. The highest BCUT2D eigenvalue weighted by molar-refractivity contribution is 4.80. The van der Waals surface area contributed by atoms with Crippen molar-refractivity contribution in [2.45, 2.75) is 65.6 Å². The molecule has 2 nitrogen and oxygen atoms in total. The first-order valence-corrected chi connectivity index (χ1v) is 6.03. The molecule has 0 saturated heterocycles. The van der Waals surface area contributed by atoms with Gasteiger partial charge in [0, 0.05) is 18.1 Å². The fraction of sp³-hybridized carbons (Fsp3) is 1.00. The van der Waals surface area contributed by atoms with Gasteiger partial charge in [0.15, 0.2) is 0 Å². The zero-order chi connectivity index (χ0) is 11.1. The van der Waals surface area contributed by atoms with E-state index < -0.39 is 0 Å². The molecule has 14 heavy (non-hydrogen) atoms. The van der Waals surface area contributed by atoms with Gasteiger partial charge >= 0.3 is 0 Å². The summed E-state index contributed by atoms with van der Waals surface area (Å²) in [4.78, 5) is 2.48. The minimum atomic E-state index is 0.620. The topological polar surface area (TPSA) is 15.3 Å². The number of hydrogen-bond acceptors (Lipinski definition) is 2. The average Bonchev–Trinajstić information content (AvgIpc) is 2.22. The van der Waals surface area contributed by atoms with Crippen molar-refractivity contribution >= 4 is 0 Å². The van der Waals surface area contributed by atoms with E-state index in [0.717, 1.165) is 6.54 Å². The Kier molecular flexibility index (Phi) is 7.20. The largest absolute Gasteiger partial charge is 0.313 e. The highest BCUT2D eigenvalue weighted by atomic mass is 15.2. The Balaban J connectivity index is 4.17. The van der Waals surface area contributed by atoms with Crippen molar-refractivity contribution in [1.82, 2.24) is 10.2 Å². The summed E-state index contributed by atoms with van der Waals surface area (Å²) in [6.07, 6.45) is 2.43. The third kappa shape index (κ3) is 3.97. The first-order valence-electron chi connectivity index (χ1n) is 6.03. The summed E-state index contributed by atoms with van der Waals surface area (Å²) in [7, 11) is 2.23. The molecule has 0 radical (unpaired) electrons. The molecule has 0 rings (SSSR count). The summed E-state index contributed by atoms with van der Waals surface area (Å²) in [6.45, 7) is 12.4. The Bertz CT molecular complexity index is 134. The van der Waals surface area contributed by atoms with Crippen LogP contribution in [0.2, 0.25) is 0 Å². The number of likely N-dealkylation sites (N-methyl/N-ethyl adjacent to an activating group) is 2. The van der Waals surface area contributed by atoms with E-state index in [4.69, 9.17) is 0 Å². The first-order chi connectivity index (χ1) is 6.58. The summed E-state index contributed by atoms with van der Waals surface area (Å²) in [5.74, 6) is 0. The second-order valence-corrected chi connectivity index (χ2v) is 4.24. The maximum Gasteiger partial charge on any atom is 0.0220 e. The van der Waals surface area contributed by atoms with Gasteiger partial charge in [-0.1, -0.05) is 20.8 Å². The van der Waals surface area contributed by atoms with Crippen molar-refractivity contribution in [3.63, 3.8) is 0 Å². The molecule has 1 N–H and O–H groups in total. The van der Waals surface area contributed by atoms with E-state index in [0.29, 0.717) is 18.1 Å². The molecule has 0 amide bonds. The van der Waals surface area contributed by atoms with E-state index in [-0.39, 0.29) is 0 Å². The molecule has 3 unspecified atom stereocenters. The molecule has 0 spiro atoms. The van der Waals surface area contributed by atoms with Crippen LogP contribution in [0.5, 0.6) is 0 Å². The molecule has 0 aliphatic rings. The summed E-state index contributed by atoms with van der Waals surface area (Å²) in [5.41, 5.74) is 0. The molecule has 0 aliphatic heterocycles. The molecule has 2 heteroatoms. The molecular weight excluding hydrogens is 172 g/mol. The Labute approximate surface area is 90.1 Å². The lowest BCUT2D eigenvalue weighted by molar-refractivity contribution is 0.153. The van der Waals surface area contributed by atoms with Crippen LogP contribution in [-0.4, -0.2) is 36.6 Å². The Morgan fingerprint density at radius 2 is 1.64 bits per heavy atom. The lowest BCUT2D eigenvalue weighted by atomic mass is 10.0. The fourth-order valence-corrected chi connectivity index (χ4v) is 1.89. The van der Waals surface area contributed by atoms with Crippen molar-refractivity contribution in [2.75, 3.05) is 13.6 Å². The SMILES string of the molecule is CCNC(CC)C(C)N(C)C(C)CC. The van der Waals surface area contributed by atoms with Gasteiger partial charge in [-0.25, -0.2) is 0 Å². The van der Waals surface area contributed by atoms with Crippen molar-refractivity contribution in [2.24, 2.45) is 0 Å². The van der Waals surface area contributed by atoms with Crippen LogP contribution in [0.4, 0.5) is 0 Å². The highest BCUT2D eigenvalue weighted by Gasteiger charge is 2.21. The molecule has 0 aromatic carbocycles. The number of hydrogen-bond donors (Lipinski definition) is 1. The zero-order valence-electron chi connectivity index (χ0n) is 10.8. The van der Waals surface area contributed by atoms with Crippen LogP contribution in [0.15, 0.2) is 0 Å². The van der Waals surface area contributed by atoms with Gasteiger partial charge in [0.05, 0.1) is 0 Å². The second kappa shape index (κ2) is 7.24. The maximum atomic E-state index is 3.55. The van der Waals surface area contributed by atoms with Gasteiger partial charge in [0.2, 0.25) is 0 Å². The predicted molar refractivity (Wildman–Crippen MR) is 64.7 cm³/mol. The molecule has 0 aromatic heterocycles. The third-order valence-electron chi connectivity index (χ3n) is 3.42. The minimum absolute atomic E-state index is 0.620. The monoisotopic (exact) mass is 200 g/mol. The molecular formula is C12H28N2. The molecule has 0 bridgehead atoms. The van der Waals surface area contributed by atoms with Crippen LogP contribution in [0.25, 0.3) is 0 Å². The lowest BCUT2D eigenvalue weighted by Crippen LogP contribution is -2.49. The normalized spacial score (nSPS) is 18.2. The van der Waals surface area contributed by atoms with Gasteiger partial charge in [-0.15, -0.1) is 0 Å². The van der Waals surface area contributed by atoms with Crippen molar-refractivity contribution < 1.29 is 0 Å². The van der Waals surface area contributed by atoms with E-state index in [1.165, 1.54) is 12.8 Å². The van der Waals surface area contributed by atoms with Crippen LogP contribution in [0, 0.1) is 0 Å². The van der Waals surface area contributed by atoms with Gasteiger partial charge in [0.1, 0.15) is 0 Å². The van der Waals surface area contributed by atoms with Crippen molar-refractivity contribution in [3.8, 4) is 0 Å². The summed E-state index contributed by atoms with van der Waals surface area (Å²) in [5, 5.41) is 3.55. The first kappa shape index (κ1) is 13.9. The highest BCUT2D eigenvalue weighted by Crippen LogP contribution is 2.11. The van der Waals surface area contributed by atoms with Crippen molar-refractivity contribution in [1.29, 1.82) is 0 Å². The summed E-state index contributed by atoms with van der Waals surface area (Å²) in [6, 6.07) is 1.92. The van der Waals surface area contributed by atoms with Crippen LogP contribution >= 0.6 is 0 Å². The smallest absolute Gasteiger partial charge is 0.0220 e. The molecule has 0 saturated carbocycles. The van der Waals surface area contributed by atoms with E-state index in [1.807, 2.05) is 0 Å². The fourth-order valence-electron chi connectivity index (χ4n) is 1.89. The van der Waals surface area contributed by atoms with Gasteiger partial charge in [-0.05, 0) is 40.3 Å². The van der Waals surface area contributed by atoms with Gasteiger partial charge in [-0.2, -0.15) is 0 Å². The van der Waals surface area contributed by atoms with Gasteiger partial charge < -0.3 is 5.32 Å². The van der Waals surface area contributed by atoms with Crippen LogP contribution in [0.3, 0.4) is 0 Å². The second-order valence-electron chi connectivity index (χ2n) is 4.24. The number of nitrogens with one attached hydrogen (secondary N) is 1. The standard InChI is InChI=1S/C12H28N2/c1-7-10(4)14(6)11(5)12(8-2)13-9-3/h10-13H,7-9H2,1-6H3. The van der Waals surface area contributed by atoms with E-state index in [9.17, 15) is 0 Å². The van der Waals surface area contributed by atoms with Gasteiger partial charge in [0.25, 0.3) is 0 Å². The van der Waals surface area contributed by atoms with E-state index >= 15 is 0 Å². The maximum absolute atomic E-state index is 3.55. The third-order valence-corrected chi connectivity index (χ3v) is 3.42. The van der Waals surface area contributed by atoms with Crippen molar-refractivity contribution in [3.05, 3.63) is 0 Å². The van der Waals surface area contributed by atoms with E-state index in [1.54, 1.807) is 0 Å². The summed E-state index contributed by atoms with van der Waals surface area (Å²) >= 11 is 0.